The summed E-state index contributed by atoms with van der Waals surface area (Å²) in [5.74, 6) is 2.23. The number of hydrogen-bond donors (Lipinski definition) is 1. The van der Waals surface area contributed by atoms with Gasteiger partial charge in [0.25, 0.3) is 5.56 Å². The highest BCUT2D eigenvalue weighted by molar-refractivity contribution is 5.39. The molecule has 1 saturated heterocycles. The Hall–Kier alpha value is -1.36. The maximum absolute atomic E-state index is 11.8. The number of likely N-dealkylation sites (N-methyl/N-ethyl adjacent to an activating group) is 1. The zero-order valence-corrected chi connectivity index (χ0v) is 11.7. The Labute approximate surface area is 113 Å². The first-order valence-electron chi connectivity index (χ1n) is 7.27. The van der Waals surface area contributed by atoms with Crippen molar-refractivity contribution < 1.29 is 0 Å². The second-order valence-electron chi connectivity index (χ2n) is 5.69. The van der Waals surface area contributed by atoms with E-state index in [9.17, 15) is 4.79 Å². The highest BCUT2D eigenvalue weighted by Crippen LogP contribution is 2.37. The third-order valence-electron chi connectivity index (χ3n) is 4.21. The molecule has 0 spiro atoms. The average molecular weight is 262 g/mol. The predicted octanol–water partition coefficient (Wildman–Crippen LogP) is 1.18. The van der Waals surface area contributed by atoms with Crippen molar-refractivity contribution in [2.45, 2.75) is 38.6 Å². The third-order valence-corrected chi connectivity index (χ3v) is 4.21. The molecule has 2 heterocycles. The minimum absolute atomic E-state index is 0.0162. The van der Waals surface area contributed by atoms with Gasteiger partial charge in [0.1, 0.15) is 11.6 Å². The van der Waals surface area contributed by atoms with Crippen LogP contribution in [0.5, 0.6) is 0 Å². The molecule has 1 saturated carbocycles. The predicted molar refractivity (Wildman–Crippen MR) is 75.8 cm³/mol. The molecule has 5 heteroatoms. The number of rotatable bonds is 3. The molecule has 104 valence electrons. The summed E-state index contributed by atoms with van der Waals surface area (Å²) in [7, 11) is 0. The molecular formula is C14H22N4O. The van der Waals surface area contributed by atoms with E-state index in [1.165, 1.54) is 0 Å². The van der Waals surface area contributed by atoms with Crippen LogP contribution in [0, 0.1) is 0 Å². The second kappa shape index (κ2) is 4.96. The Morgan fingerprint density at radius 1 is 1.42 bits per heavy atom. The van der Waals surface area contributed by atoms with Crippen molar-refractivity contribution in [1.29, 1.82) is 0 Å². The number of nitrogens with one attached hydrogen (secondary N) is 1. The van der Waals surface area contributed by atoms with Crippen LogP contribution in [0.3, 0.4) is 0 Å². The van der Waals surface area contributed by atoms with Crippen molar-refractivity contribution >= 4 is 5.82 Å². The maximum atomic E-state index is 11.8. The van der Waals surface area contributed by atoms with Crippen LogP contribution >= 0.6 is 0 Å². The number of anilines is 1. The third kappa shape index (κ3) is 2.66. The molecule has 1 aromatic rings. The van der Waals surface area contributed by atoms with Gasteiger partial charge in [-0.25, -0.2) is 4.98 Å². The number of hydrogen-bond acceptors (Lipinski definition) is 4. The molecular weight excluding hydrogens is 240 g/mol. The largest absolute Gasteiger partial charge is 0.354 e. The van der Waals surface area contributed by atoms with Crippen LogP contribution in [-0.2, 0) is 0 Å². The minimum Gasteiger partial charge on any atom is -0.354 e. The van der Waals surface area contributed by atoms with Crippen LogP contribution in [0.1, 0.15) is 38.4 Å². The van der Waals surface area contributed by atoms with Crippen molar-refractivity contribution in [2.24, 2.45) is 0 Å². The van der Waals surface area contributed by atoms with Crippen molar-refractivity contribution in [2.75, 3.05) is 31.1 Å². The molecule has 1 unspecified atom stereocenters. The fourth-order valence-corrected chi connectivity index (χ4v) is 2.85. The zero-order chi connectivity index (χ0) is 13.4. The van der Waals surface area contributed by atoms with Gasteiger partial charge < -0.3 is 9.88 Å². The highest BCUT2D eigenvalue weighted by Gasteiger charge is 2.28. The van der Waals surface area contributed by atoms with Gasteiger partial charge in [-0.2, -0.15) is 0 Å². The van der Waals surface area contributed by atoms with Crippen LogP contribution in [0.4, 0.5) is 5.82 Å². The van der Waals surface area contributed by atoms with E-state index < -0.39 is 0 Å². The summed E-state index contributed by atoms with van der Waals surface area (Å²) < 4.78 is 0. The van der Waals surface area contributed by atoms with Gasteiger partial charge in [0, 0.05) is 37.7 Å². The van der Waals surface area contributed by atoms with Gasteiger partial charge >= 0.3 is 0 Å². The van der Waals surface area contributed by atoms with Gasteiger partial charge in [-0.05, 0) is 26.3 Å². The first kappa shape index (κ1) is 12.7. The fourth-order valence-electron chi connectivity index (χ4n) is 2.85. The van der Waals surface area contributed by atoms with Gasteiger partial charge in [0.2, 0.25) is 0 Å². The molecule has 1 atom stereocenters. The molecule has 0 amide bonds. The monoisotopic (exact) mass is 262 g/mol. The number of piperazine rings is 1. The average Bonchev–Trinajstić information content (AvgIpc) is 3.22. The van der Waals surface area contributed by atoms with Crippen LogP contribution in [0.25, 0.3) is 0 Å². The van der Waals surface area contributed by atoms with Crippen LogP contribution < -0.4 is 10.5 Å². The Morgan fingerprint density at radius 3 is 2.84 bits per heavy atom. The van der Waals surface area contributed by atoms with Crippen LogP contribution in [0.2, 0.25) is 0 Å². The number of aromatic amines is 1. The highest BCUT2D eigenvalue weighted by atomic mass is 16.1. The van der Waals surface area contributed by atoms with Crippen molar-refractivity contribution in [3.63, 3.8) is 0 Å². The smallest absolute Gasteiger partial charge is 0.252 e. The summed E-state index contributed by atoms with van der Waals surface area (Å²) in [4.78, 5) is 24.0. The molecule has 2 aliphatic rings. The second-order valence-corrected chi connectivity index (χ2v) is 5.69. The SMILES string of the molecule is CCN1CCN(c2cc(=O)[nH]c(C3CC3)n2)CC1C. The lowest BCUT2D eigenvalue weighted by atomic mass is 10.2. The first-order valence-corrected chi connectivity index (χ1v) is 7.27. The molecule has 5 nitrogen and oxygen atoms in total. The quantitative estimate of drug-likeness (QED) is 0.888. The van der Waals surface area contributed by atoms with E-state index in [-0.39, 0.29) is 5.56 Å². The van der Waals surface area contributed by atoms with Gasteiger partial charge in [0.05, 0.1) is 0 Å². The van der Waals surface area contributed by atoms with E-state index in [0.29, 0.717) is 12.0 Å². The van der Waals surface area contributed by atoms with E-state index in [4.69, 9.17) is 0 Å². The first-order chi connectivity index (χ1) is 9.17. The van der Waals surface area contributed by atoms with Gasteiger partial charge in [-0.15, -0.1) is 0 Å². The zero-order valence-electron chi connectivity index (χ0n) is 11.7. The number of nitrogens with zero attached hydrogens (tertiary/aromatic N) is 3. The molecule has 0 aromatic carbocycles. The lowest BCUT2D eigenvalue weighted by Crippen LogP contribution is -2.52. The molecule has 1 aliphatic heterocycles. The molecule has 0 bridgehead atoms. The number of H-pyrrole nitrogens is 1. The van der Waals surface area contributed by atoms with E-state index in [0.717, 1.165) is 50.7 Å². The minimum atomic E-state index is -0.0162. The Kier molecular flexibility index (Phi) is 3.31. The summed E-state index contributed by atoms with van der Waals surface area (Å²) in [5.41, 5.74) is -0.0162. The van der Waals surface area contributed by atoms with Crippen molar-refractivity contribution in [1.82, 2.24) is 14.9 Å². The topological polar surface area (TPSA) is 52.2 Å². The normalized spacial score (nSPS) is 24.7. The van der Waals surface area contributed by atoms with Gasteiger partial charge in [-0.3, -0.25) is 9.69 Å². The molecule has 1 N–H and O–H groups in total. The standard InChI is InChI=1S/C14H22N4O/c1-3-17-6-7-18(9-10(17)2)12-8-13(19)16-14(15-12)11-4-5-11/h8,10-11H,3-7,9H2,1-2H3,(H,15,16,19). The summed E-state index contributed by atoms with van der Waals surface area (Å²) in [6, 6.07) is 2.16. The summed E-state index contributed by atoms with van der Waals surface area (Å²) >= 11 is 0. The molecule has 1 aromatic heterocycles. The maximum Gasteiger partial charge on any atom is 0.252 e. The summed E-state index contributed by atoms with van der Waals surface area (Å²) in [6.07, 6.45) is 2.32. The van der Waals surface area contributed by atoms with Crippen molar-refractivity contribution in [3.8, 4) is 0 Å². The van der Waals surface area contributed by atoms with E-state index >= 15 is 0 Å². The Bertz CT molecular complexity index is 508. The van der Waals surface area contributed by atoms with Crippen LogP contribution in [0.15, 0.2) is 10.9 Å². The lowest BCUT2D eigenvalue weighted by molar-refractivity contribution is 0.199. The van der Waals surface area contributed by atoms with Gasteiger partial charge in [0.15, 0.2) is 0 Å². The Balaban J connectivity index is 1.80. The van der Waals surface area contributed by atoms with E-state index in [1.807, 2.05) is 0 Å². The fraction of sp³-hybridized carbons (Fsp3) is 0.714. The summed E-state index contributed by atoms with van der Waals surface area (Å²) in [5, 5.41) is 0. The van der Waals surface area contributed by atoms with Crippen molar-refractivity contribution in [3.05, 3.63) is 22.2 Å². The van der Waals surface area contributed by atoms with E-state index in [1.54, 1.807) is 6.07 Å². The molecule has 0 radical (unpaired) electrons. The molecule has 19 heavy (non-hydrogen) atoms. The van der Waals surface area contributed by atoms with Gasteiger partial charge in [-0.1, -0.05) is 6.92 Å². The van der Waals surface area contributed by atoms with E-state index in [2.05, 4.69) is 33.6 Å². The lowest BCUT2D eigenvalue weighted by Gasteiger charge is -2.39. The Morgan fingerprint density at radius 2 is 2.21 bits per heavy atom. The van der Waals surface area contributed by atoms with Crippen LogP contribution in [-0.4, -0.2) is 47.1 Å². The molecule has 2 fully saturated rings. The summed E-state index contributed by atoms with van der Waals surface area (Å²) in [6.45, 7) is 8.48. The molecule has 1 aliphatic carbocycles. The molecule has 3 rings (SSSR count). The number of aromatic nitrogens is 2.